The summed E-state index contributed by atoms with van der Waals surface area (Å²) in [6.45, 7) is 1.55. The first-order valence-corrected chi connectivity index (χ1v) is 5.80. The first-order valence-electron chi connectivity index (χ1n) is 4.22. The lowest BCUT2D eigenvalue weighted by Gasteiger charge is -2.07. The van der Waals surface area contributed by atoms with Crippen LogP contribution < -0.4 is 0 Å². The molecular formula is C9H9Br2NO3. The zero-order valence-corrected chi connectivity index (χ0v) is 11.1. The molecule has 4 nitrogen and oxygen atoms in total. The van der Waals surface area contributed by atoms with Gasteiger partial charge in [0, 0.05) is 18.3 Å². The zero-order valence-electron chi connectivity index (χ0n) is 7.91. The maximum absolute atomic E-state index is 10.5. The first kappa shape index (κ1) is 12.4. The van der Waals surface area contributed by atoms with Crippen LogP contribution in [0.1, 0.15) is 12.5 Å². The minimum Gasteiger partial charge on any atom is -0.506 e. The lowest BCUT2D eigenvalue weighted by atomic mass is 10.1. The molecule has 0 amide bonds. The second-order valence-electron chi connectivity index (χ2n) is 3.25. The minimum absolute atomic E-state index is 0.104. The number of phenolic OH excluding ortho intramolecular Hbond substituents is 1. The van der Waals surface area contributed by atoms with E-state index < -0.39 is 6.04 Å². The Bertz CT molecular complexity index is 372. The number of hydrogen-bond acceptors (Lipinski definition) is 3. The highest BCUT2D eigenvalue weighted by molar-refractivity contribution is 9.11. The maximum atomic E-state index is 10.5. The second-order valence-corrected chi connectivity index (χ2v) is 4.96. The monoisotopic (exact) mass is 337 g/mol. The Kier molecular flexibility index (Phi) is 4.10. The molecule has 0 heterocycles. The van der Waals surface area contributed by atoms with E-state index in [1.165, 1.54) is 0 Å². The third-order valence-corrected chi connectivity index (χ3v) is 3.18. The van der Waals surface area contributed by atoms with Gasteiger partial charge in [0.25, 0.3) is 0 Å². The SMILES string of the molecule is CC(Cc1cc(Br)c(O)c(Br)c1)[N+](=O)[O-]. The number of nitro groups is 1. The van der Waals surface area contributed by atoms with Crippen LogP contribution in [0.4, 0.5) is 0 Å². The summed E-state index contributed by atoms with van der Waals surface area (Å²) in [5, 5.41) is 19.9. The van der Waals surface area contributed by atoms with Gasteiger partial charge in [-0.1, -0.05) is 0 Å². The maximum Gasteiger partial charge on any atom is 0.214 e. The number of nitrogens with zero attached hydrogens (tertiary/aromatic N) is 1. The Labute approximate surface area is 104 Å². The standard InChI is InChI=1S/C9H9Br2NO3/c1-5(12(14)15)2-6-3-7(10)9(13)8(11)4-6/h3-5,13H,2H2,1H3. The molecule has 0 spiro atoms. The van der Waals surface area contributed by atoms with E-state index >= 15 is 0 Å². The lowest BCUT2D eigenvalue weighted by molar-refractivity contribution is -0.517. The lowest BCUT2D eigenvalue weighted by Crippen LogP contribution is -2.17. The Morgan fingerprint density at radius 1 is 1.47 bits per heavy atom. The summed E-state index contributed by atoms with van der Waals surface area (Å²) < 4.78 is 1.06. The van der Waals surface area contributed by atoms with Crippen molar-refractivity contribution in [1.82, 2.24) is 0 Å². The van der Waals surface area contributed by atoms with Crippen LogP contribution in [0.2, 0.25) is 0 Å². The number of halogens is 2. The Balaban J connectivity index is 2.92. The van der Waals surface area contributed by atoms with E-state index in [1.54, 1.807) is 19.1 Å². The van der Waals surface area contributed by atoms with Gasteiger partial charge in [-0.05, 0) is 49.6 Å². The normalized spacial score (nSPS) is 12.5. The molecule has 0 aromatic heterocycles. The van der Waals surface area contributed by atoms with Crippen LogP contribution >= 0.6 is 31.9 Å². The first-order chi connectivity index (χ1) is 6.91. The quantitative estimate of drug-likeness (QED) is 0.680. The molecule has 15 heavy (non-hydrogen) atoms. The topological polar surface area (TPSA) is 63.4 Å². The van der Waals surface area contributed by atoms with Gasteiger partial charge in [-0.25, -0.2) is 0 Å². The molecule has 1 atom stereocenters. The average Bonchev–Trinajstić information content (AvgIpc) is 2.13. The summed E-state index contributed by atoms with van der Waals surface area (Å²) in [7, 11) is 0. The van der Waals surface area contributed by atoms with Crippen molar-refractivity contribution < 1.29 is 10.0 Å². The Morgan fingerprint density at radius 3 is 2.33 bits per heavy atom. The summed E-state index contributed by atoms with van der Waals surface area (Å²) in [6.07, 6.45) is 0.338. The van der Waals surface area contributed by atoms with E-state index in [0.717, 1.165) is 5.56 Å². The predicted molar refractivity (Wildman–Crippen MR) is 63.7 cm³/mol. The van der Waals surface area contributed by atoms with Gasteiger partial charge in [-0.15, -0.1) is 0 Å². The van der Waals surface area contributed by atoms with E-state index in [2.05, 4.69) is 31.9 Å². The van der Waals surface area contributed by atoms with Crippen LogP contribution in [0.5, 0.6) is 5.75 Å². The summed E-state index contributed by atoms with van der Waals surface area (Å²) >= 11 is 6.35. The molecule has 0 aliphatic heterocycles. The van der Waals surface area contributed by atoms with E-state index in [1.807, 2.05) is 0 Å². The molecule has 1 rings (SSSR count). The second kappa shape index (κ2) is 4.94. The molecule has 6 heteroatoms. The number of hydrogen-bond donors (Lipinski definition) is 1. The van der Waals surface area contributed by atoms with Crippen molar-refractivity contribution in [3.63, 3.8) is 0 Å². The van der Waals surface area contributed by atoms with Gasteiger partial charge in [0.2, 0.25) is 6.04 Å². The average molecular weight is 339 g/mol. The van der Waals surface area contributed by atoms with Crippen LogP contribution in [0, 0.1) is 10.1 Å². The van der Waals surface area contributed by atoms with Crippen LogP contribution in [0.25, 0.3) is 0 Å². The van der Waals surface area contributed by atoms with Gasteiger partial charge in [0.15, 0.2) is 0 Å². The fourth-order valence-electron chi connectivity index (χ4n) is 1.15. The number of phenols is 1. The largest absolute Gasteiger partial charge is 0.506 e. The molecule has 1 N–H and O–H groups in total. The molecule has 0 radical (unpaired) electrons. The molecule has 0 saturated heterocycles. The van der Waals surface area contributed by atoms with Gasteiger partial charge in [-0.2, -0.15) is 0 Å². The third-order valence-electron chi connectivity index (χ3n) is 1.97. The Morgan fingerprint density at radius 2 is 1.93 bits per heavy atom. The predicted octanol–water partition coefficient (Wildman–Crippen LogP) is 3.12. The summed E-state index contributed by atoms with van der Waals surface area (Å²) in [5.74, 6) is 0.104. The summed E-state index contributed by atoms with van der Waals surface area (Å²) in [4.78, 5) is 10.1. The molecule has 0 aliphatic rings. The van der Waals surface area contributed by atoms with Gasteiger partial charge < -0.3 is 5.11 Å². The molecule has 1 aromatic rings. The Hall–Kier alpha value is -0.620. The molecule has 0 aliphatic carbocycles. The van der Waals surface area contributed by atoms with Crippen molar-refractivity contribution in [3.05, 3.63) is 36.8 Å². The number of rotatable bonds is 3. The minimum atomic E-state index is -0.631. The number of benzene rings is 1. The van der Waals surface area contributed by atoms with E-state index in [0.29, 0.717) is 15.4 Å². The molecule has 0 bridgehead atoms. The van der Waals surface area contributed by atoms with Gasteiger partial charge >= 0.3 is 0 Å². The fourth-order valence-corrected chi connectivity index (χ4v) is 2.43. The molecule has 0 fully saturated rings. The summed E-state index contributed by atoms with van der Waals surface area (Å²) in [5.41, 5.74) is 0.802. The number of aromatic hydroxyl groups is 1. The molecule has 1 unspecified atom stereocenters. The third kappa shape index (κ3) is 3.17. The van der Waals surface area contributed by atoms with Crippen molar-refractivity contribution >= 4 is 31.9 Å². The van der Waals surface area contributed by atoms with E-state index in [-0.39, 0.29) is 10.7 Å². The van der Waals surface area contributed by atoms with Crippen molar-refractivity contribution in [2.75, 3.05) is 0 Å². The van der Waals surface area contributed by atoms with Crippen molar-refractivity contribution in [1.29, 1.82) is 0 Å². The van der Waals surface area contributed by atoms with E-state index in [4.69, 9.17) is 0 Å². The molecule has 1 aromatic carbocycles. The smallest absolute Gasteiger partial charge is 0.214 e. The van der Waals surface area contributed by atoms with Crippen molar-refractivity contribution in [2.45, 2.75) is 19.4 Å². The van der Waals surface area contributed by atoms with Crippen LogP contribution in [-0.2, 0) is 6.42 Å². The fraction of sp³-hybridized carbons (Fsp3) is 0.333. The van der Waals surface area contributed by atoms with E-state index in [9.17, 15) is 15.2 Å². The van der Waals surface area contributed by atoms with Crippen LogP contribution in [-0.4, -0.2) is 16.1 Å². The van der Waals surface area contributed by atoms with Gasteiger partial charge in [0.1, 0.15) is 5.75 Å². The van der Waals surface area contributed by atoms with Crippen molar-refractivity contribution in [3.8, 4) is 5.75 Å². The molecule has 0 saturated carbocycles. The molecular weight excluding hydrogens is 330 g/mol. The zero-order chi connectivity index (χ0) is 11.6. The summed E-state index contributed by atoms with van der Waals surface area (Å²) in [6, 6.07) is 2.73. The van der Waals surface area contributed by atoms with Gasteiger partial charge in [0.05, 0.1) is 8.95 Å². The van der Waals surface area contributed by atoms with Crippen LogP contribution in [0.15, 0.2) is 21.1 Å². The molecule has 82 valence electrons. The van der Waals surface area contributed by atoms with Crippen molar-refractivity contribution in [2.24, 2.45) is 0 Å². The van der Waals surface area contributed by atoms with Gasteiger partial charge in [-0.3, -0.25) is 10.1 Å². The highest BCUT2D eigenvalue weighted by Crippen LogP contribution is 2.33. The van der Waals surface area contributed by atoms with Crippen LogP contribution in [0.3, 0.4) is 0 Å². The highest BCUT2D eigenvalue weighted by Gasteiger charge is 2.15. The highest BCUT2D eigenvalue weighted by atomic mass is 79.9.